The number of nitrogens with one attached hydrogen (secondary N) is 1. The Kier molecular flexibility index (Phi) is 7.30. The van der Waals surface area contributed by atoms with Crippen molar-refractivity contribution < 1.29 is 5.11 Å². The molecule has 1 rings (SSSR count). The Balaban J connectivity index is 3.03. The van der Waals surface area contributed by atoms with Crippen LogP contribution in [0, 0.1) is 6.92 Å². The van der Waals surface area contributed by atoms with E-state index in [-0.39, 0.29) is 6.61 Å². The fourth-order valence-electron chi connectivity index (χ4n) is 1.73. The molecular weight excluding hydrogens is 270 g/mol. The second kappa shape index (κ2) is 8.47. The van der Waals surface area contributed by atoms with Crippen molar-refractivity contribution in [3.8, 4) is 0 Å². The van der Waals surface area contributed by atoms with Gasteiger partial charge in [-0.05, 0) is 19.8 Å². The molecule has 1 heterocycles. The lowest BCUT2D eigenvalue weighted by molar-refractivity contribution is 0.289. The predicted octanol–water partition coefficient (Wildman–Crippen LogP) is 3.59. The van der Waals surface area contributed by atoms with E-state index in [2.05, 4.69) is 44.9 Å². The van der Waals surface area contributed by atoms with Crippen LogP contribution in [-0.4, -0.2) is 33.5 Å². The molecule has 0 aliphatic heterocycles. The first kappa shape index (κ1) is 17.2. The third kappa shape index (κ3) is 4.94. The highest BCUT2D eigenvalue weighted by atomic mass is 32.2. The van der Waals surface area contributed by atoms with Gasteiger partial charge in [0.25, 0.3) is 0 Å². The van der Waals surface area contributed by atoms with E-state index in [1.165, 1.54) is 0 Å². The maximum absolute atomic E-state index is 9.04. The number of anilines is 1. The van der Waals surface area contributed by atoms with Crippen molar-refractivity contribution in [1.29, 1.82) is 0 Å². The SMILES string of the molecule is CCCNc1nc(C(C)C)nc(SC(C)CCO)c1C. The Bertz CT molecular complexity index is 424. The van der Waals surface area contributed by atoms with E-state index in [4.69, 9.17) is 10.1 Å². The smallest absolute Gasteiger partial charge is 0.134 e. The summed E-state index contributed by atoms with van der Waals surface area (Å²) in [4.78, 5) is 9.33. The highest BCUT2D eigenvalue weighted by Crippen LogP contribution is 2.30. The number of nitrogens with zero attached hydrogens (tertiary/aromatic N) is 2. The minimum Gasteiger partial charge on any atom is -0.396 e. The largest absolute Gasteiger partial charge is 0.396 e. The third-order valence-corrected chi connectivity index (χ3v) is 4.28. The van der Waals surface area contributed by atoms with Crippen molar-refractivity contribution >= 4 is 17.6 Å². The standard InChI is InChI=1S/C15H27N3OS/c1-6-8-16-14-12(5)15(20-11(4)7-9-19)18-13(17-14)10(2)3/h10-11,19H,6-9H2,1-5H3,(H,16,17,18). The van der Waals surface area contributed by atoms with E-state index in [1.54, 1.807) is 11.8 Å². The number of thioether (sulfide) groups is 1. The van der Waals surface area contributed by atoms with Crippen LogP contribution < -0.4 is 5.32 Å². The van der Waals surface area contributed by atoms with Crippen LogP contribution >= 0.6 is 11.8 Å². The second-order valence-corrected chi connectivity index (χ2v) is 6.81. The lowest BCUT2D eigenvalue weighted by Gasteiger charge is -2.17. The Labute approximate surface area is 126 Å². The summed E-state index contributed by atoms with van der Waals surface area (Å²) in [6.07, 6.45) is 1.85. The predicted molar refractivity (Wildman–Crippen MR) is 86.7 cm³/mol. The van der Waals surface area contributed by atoms with Gasteiger partial charge >= 0.3 is 0 Å². The van der Waals surface area contributed by atoms with Gasteiger partial charge in [0, 0.05) is 29.9 Å². The molecule has 1 aromatic rings. The van der Waals surface area contributed by atoms with Crippen LogP contribution in [0.1, 0.15) is 57.8 Å². The van der Waals surface area contributed by atoms with E-state index in [1.807, 2.05) is 0 Å². The molecule has 20 heavy (non-hydrogen) atoms. The van der Waals surface area contributed by atoms with Crippen LogP contribution in [0.4, 0.5) is 5.82 Å². The van der Waals surface area contributed by atoms with Crippen LogP contribution in [0.25, 0.3) is 0 Å². The van der Waals surface area contributed by atoms with E-state index in [0.29, 0.717) is 11.2 Å². The molecule has 4 nitrogen and oxygen atoms in total. The molecule has 0 bridgehead atoms. The lowest BCUT2D eigenvalue weighted by atomic mass is 10.2. The molecule has 1 unspecified atom stereocenters. The molecule has 0 aliphatic rings. The van der Waals surface area contributed by atoms with E-state index < -0.39 is 0 Å². The lowest BCUT2D eigenvalue weighted by Crippen LogP contribution is -2.11. The van der Waals surface area contributed by atoms with Gasteiger partial charge in [0.2, 0.25) is 0 Å². The van der Waals surface area contributed by atoms with Crippen LogP contribution in [0.2, 0.25) is 0 Å². The number of hydrogen-bond donors (Lipinski definition) is 2. The third-order valence-electron chi connectivity index (χ3n) is 3.03. The van der Waals surface area contributed by atoms with Crippen LogP contribution in [-0.2, 0) is 0 Å². The van der Waals surface area contributed by atoms with Gasteiger partial charge in [-0.15, -0.1) is 11.8 Å². The molecule has 5 heteroatoms. The van der Waals surface area contributed by atoms with Gasteiger partial charge in [0.1, 0.15) is 16.7 Å². The first-order valence-electron chi connectivity index (χ1n) is 7.39. The fraction of sp³-hybridized carbons (Fsp3) is 0.733. The Morgan fingerprint density at radius 2 is 1.95 bits per heavy atom. The first-order valence-corrected chi connectivity index (χ1v) is 8.27. The van der Waals surface area contributed by atoms with E-state index in [0.717, 1.165) is 41.6 Å². The molecule has 1 aromatic heterocycles. The van der Waals surface area contributed by atoms with Gasteiger partial charge in [-0.2, -0.15) is 0 Å². The molecule has 0 spiro atoms. The van der Waals surface area contributed by atoms with Gasteiger partial charge in [-0.25, -0.2) is 9.97 Å². The number of aliphatic hydroxyl groups is 1. The zero-order chi connectivity index (χ0) is 15.1. The highest BCUT2D eigenvalue weighted by molar-refractivity contribution is 7.99. The summed E-state index contributed by atoms with van der Waals surface area (Å²) in [5.41, 5.74) is 1.11. The molecular formula is C15H27N3OS. The monoisotopic (exact) mass is 297 g/mol. The Morgan fingerprint density at radius 3 is 2.50 bits per heavy atom. The Hall–Kier alpha value is -0.810. The molecule has 114 valence electrons. The number of hydrogen-bond acceptors (Lipinski definition) is 5. The van der Waals surface area contributed by atoms with E-state index in [9.17, 15) is 0 Å². The van der Waals surface area contributed by atoms with Gasteiger partial charge in [-0.3, -0.25) is 0 Å². The summed E-state index contributed by atoms with van der Waals surface area (Å²) in [7, 11) is 0. The van der Waals surface area contributed by atoms with Gasteiger partial charge in [-0.1, -0.05) is 27.7 Å². The summed E-state index contributed by atoms with van der Waals surface area (Å²) in [5.74, 6) is 2.14. The molecule has 0 saturated carbocycles. The minimum atomic E-state index is 0.219. The number of aromatic nitrogens is 2. The molecule has 0 aromatic carbocycles. The van der Waals surface area contributed by atoms with Crippen molar-refractivity contribution in [2.45, 2.75) is 63.7 Å². The summed E-state index contributed by atoms with van der Waals surface area (Å²) in [5, 5.41) is 13.8. The minimum absolute atomic E-state index is 0.219. The van der Waals surface area contributed by atoms with E-state index >= 15 is 0 Å². The average Bonchev–Trinajstić information content (AvgIpc) is 2.39. The maximum Gasteiger partial charge on any atom is 0.134 e. The van der Waals surface area contributed by atoms with Crippen molar-refractivity contribution in [1.82, 2.24) is 9.97 Å². The molecule has 0 aliphatic carbocycles. The molecule has 1 atom stereocenters. The quantitative estimate of drug-likeness (QED) is 0.567. The van der Waals surface area contributed by atoms with Crippen molar-refractivity contribution in [2.24, 2.45) is 0 Å². The van der Waals surface area contributed by atoms with Crippen molar-refractivity contribution in [3.63, 3.8) is 0 Å². The zero-order valence-electron chi connectivity index (χ0n) is 13.2. The highest BCUT2D eigenvalue weighted by Gasteiger charge is 2.15. The summed E-state index contributed by atoms with van der Waals surface area (Å²) in [6, 6.07) is 0. The zero-order valence-corrected chi connectivity index (χ0v) is 14.0. The van der Waals surface area contributed by atoms with Gasteiger partial charge in [0.05, 0.1) is 0 Å². The molecule has 0 fully saturated rings. The molecule has 0 radical (unpaired) electrons. The maximum atomic E-state index is 9.04. The average molecular weight is 297 g/mol. The molecule has 0 amide bonds. The molecule has 2 N–H and O–H groups in total. The Morgan fingerprint density at radius 1 is 1.25 bits per heavy atom. The van der Waals surface area contributed by atoms with Gasteiger partial charge < -0.3 is 10.4 Å². The normalized spacial score (nSPS) is 12.8. The first-order chi connectivity index (χ1) is 9.49. The molecule has 0 saturated heterocycles. The van der Waals surface area contributed by atoms with Crippen LogP contribution in [0.3, 0.4) is 0 Å². The number of rotatable bonds is 8. The summed E-state index contributed by atoms with van der Waals surface area (Å²) >= 11 is 1.72. The van der Waals surface area contributed by atoms with Crippen molar-refractivity contribution in [3.05, 3.63) is 11.4 Å². The topological polar surface area (TPSA) is 58.0 Å². The van der Waals surface area contributed by atoms with Gasteiger partial charge in [0.15, 0.2) is 0 Å². The van der Waals surface area contributed by atoms with Crippen LogP contribution in [0.15, 0.2) is 5.03 Å². The number of aliphatic hydroxyl groups excluding tert-OH is 1. The van der Waals surface area contributed by atoms with Crippen molar-refractivity contribution in [2.75, 3.05) is 18.5 Å². The van der Waals surface area contributed by atoms with Crippen LogP contribution in [0.5, 0.6) is 0 Å². The summed E-state index contributed by atoms with van der Waals surface area (Å²) < 4.78 is 0. The fourth-order valence-corrected chi connectivity index (χ4v) is 2.76. The second-order valence-electron chi connectivity index (χ2n) is 5.38. The summed E-state index contributed by atoms with van der Waals surface area (Å²) in [6.45, 7) is 11.7.